The molecule has 0 saturated heterocycles. The van der Waals surface area contributed by atoms with Crippen LogP contribution < -0.4 is 10.6 Å². The van der Waals surface area contributed by atoms with Gasteiger partial charge in [0.1, 0.15) is 0 Å². The normalized spacial score (nSPS) is 11.7. The first kappa shape index (κ1) is 15.9. The van der Waals surface area contributed by atoms with Crippen molar-refractivity contribution in [3.63, 3.8) is 0 Å². The van der Waals surface area contributed by atoms with Crippen molar-refractivity contribution in [2.75, 3.05) is 11.4 Å². The van der Waals surface area contributed by atoms with Crippen molar-refractivity contribution in [3.05, 3.63) is 43.0 Å². The molecule has 3 N–H and O–H groups in total. The third-order valence-electron chi connectivity index (χ3n) is 2.84. The second-order valence-electron chi connectivity index (χ2n) is 4.45. The van der Waals surface area contributed by atoms with E-state index in [1.807, 2.05) is 18.2 Å². The van der Waals surface area contributed by atoms with E-state index in [-0.39, 0.29) is 12.3 Å². The third kappa shape index (κ3) is 4.85. The molecule has 1 atom stereocenters. The summed E-state index contributed by atoms with van der Waals surface area (Å²) < 4.78 is 0. The van der Waals surface area contributed by atoms with Crippen LogP contribution in [0.4, 0.5) is 5.69 Å². The molecule has 1 amide bonds. The molecule has 0 saturated carbocycles. The summed E-state index contributed by atoms with van der Waals surface area (Å²) in [6.07, 6.45) is 2.40. The zero-order valence-corrected chi connectivity index (χ0v) is 11.4. The molecule has 1 rings (SSSR count). The number of carboxylic acid groups (broad SMARTS) is 1. The summed E-state index contributed by atoms with van der Waals surface area (Å²) in [5, 5.41) is 8.69. The molecule has 0 aliphatic heterocycles. The molecule has 5 heteroatoms. The first-order valence-electron chi connectivity index (χ1n) is 6.51. The van der Waals surface area contributed by atoms with E-state index in [1.165, 1.54) is 4.90 Å². The van der Waals surface area contributed by atoms with Crippen molar-refractivity contribution < 1.29 is 14.7 Å². The summed E-state index contributed by atoms with van der Waals surface area (Å²) in [6.45, 7) is 3.91. The number of rotatable bonds is 8. The van der Waals surface area contributed by atoms with Crippen LogP contribution in [0.3, 0.4) is 0 Å². The summed E-state index contributed by atoms with van der Waals surface area (Å²) in [5.41, 5.74) is 6.54. The van der Waals surface area contributed by atoms with Gasteiger partial charge in [-0.1, -0.05) is 24.3 Å². The fourth-order valence-electron chi connectivity index (χ4n) is 1.84. The lowest BCUT2D eigenvalue weighted by Crippen LogP contribution is -2.44. The number of benzene rings is 1. The van der Waals surface area contributed by atoms with E-state index in [0.29, 0.717) is 19.4 Å². The number of carboxylic acids is 1. The molecule has 0 fully saturated rings. The van der Waals surface area contributed by atoms with Gasteiger partial charge in [-0.25, -0.2) is 0 Å². The van der Waals surface area contributed by atoms with Crippen LogP contribution in [0, 0.1) is 0 Å². The molecule has 20 heavy (non-hydrogen) atoms. The van der Waals surface area contributed by atoms with Crippen molar-refractivity contribution in [2.24, 2.45) is 5.73 Å². The van der Waals surface area contributed by atoms with Gasteiger partial charge in [0.25, 0.3) is 0 Å². The lowest BCUT2D eigenvalue weighted by molar-refractivity contribution is -0.137. The van der Waals surface area contributed by atoms with Gasteiger partial charge < -0.3 is 15.7 Å². The van der Waals surface area contributed by atoms with Crippen LogP contribution in [0.15, 0.2) is 43.0 Å². The highest BCUT2D eigenvalue weighted by atomic mass is 16.4. The van der Waals surface area contributed by atoms with Gasteiger partial charge in [-0.2, -0.15) is 0 Å². The standard InChI is InChI=1S/C15H20N2O3/c1-2-7-13(16)15(20)17(11-6-10-14(18)19)12-8-4-3-5-9-12/h2-5,8-9,13H,1,6-7,10-11,16H2,(H,18,19). The van der Waals surface area contributed by atoms with E-state index in [1.54, 1.807) is 18.2 Å². The summed E-state index contributed by atoms with van der Waals surface area (Å²) >= 11 is 0. The summed E-state index contributed by atoms with van der Waals surface area (Å²) in [5.74, 6) is -1.10. The van der Waals surface area contributed by atoms with Crippen LogP contribution in [0.25, 0.3) is 0 Å². The predicted octanol–water partition coefficient (Wildman–Crippen LogP) is 1.79. The molecule has 0 aromatic heterocycles. The number of amides is 1. The molecule has 0 spiro atoms. The molecule has 0 aliphatic rings. The first-order chi connectivity index (χ1) is 9.56. The molecule has 1 unspecified atom stereocenters. The lowest BCUT2D eigenvalue weighted by atomic mass is 10.1. The Bertz CT molecular complexity index is 459. The smallest absolute Gasteiger partial charge is 0.303 e. The van der Waals surface area contributed by atoms with Gasteiger partial charge in [0.2, 0.25) is 5.91 Å². The fraction of sp³-hybridized carbons (Fsp3) is 0.333. The fourth-order valence-corrected chi connectivity index (χ4v) is 1.84. The van der Waals surface area contributed by atoms with Crippen molar-refractivity contribution in [3.8, 4) is 0 Å². The maximum atomic E-state index is 12.3. The maximum Gasteiger partial charge on any atom is 0.303 e. The summed E-state index contributed by atoms with van der Waals surface area (Å²) in [4.78, 5) is 24.4. The number of nitrogens with two attached hydrogens (primary N) is 1. The van der Waals surface area contributed by atoms with Crippen LogP contribution in [0.2, 0.25) is 0 Å². The van der Waals surface area contributed by atoms with E-state index >= 15 is 0 Å². The van der Waals surface area contributed by atoms with Crippen LogP contribution in [0.5, 0.6) is 0 Å². The van der Waals surface area contributed by atoms with Gasteiger partial charge in [-0.3, -0.25) is 9.59 Å². The minimum Gasteiger partial charge on any atom is -0.481 e. The van der Waals surface area contributed by atoms with Crippen molar-refractivity contribution in [1.29, 1.82) is 0 Å². The Morgan fingerprint density at radius 1 is 1.35 bits per heavy atom. The molecule has 5 nitrogen and oxygen atoms in total. The Labute approximate surface area is 118 Å². The van der Waals surface area contributed by atoms with Crippen molar-refractivity contribution in [2.45, 2.75) is 25.3 Å². The number of hydrogen-bond donors (Lipinski definition) is 2. The second-order valence-corrected chi connectivity index (χ2v) is 4.45. The van der Waals surface area contributed by atoms with Crippen LogP contribution in [0.1, 0.15) is 19.3 Å². The van der Waals surface area contributed by atoms with Crippen molar-refractivity contribution in [1.82, 2.24) is 0 Å². The topological polar surface area (TPSA) is 83.6 Å². The number of carbonyl (C=O) groups is 2. The average molecular weight is 276 g/mol. The van der Waals surface area contributed by atoms with E-state index in [2.05, 4.69) is 6.58 Å². The predicted molar refractivity (Wildman–Crippen MR) is 78.5 cm³/mol. The zero-order chi connectivity index (χ0) is 15.0. The van der Waals surface area contributed by atoms with Gasteiger partial charge in [0.05, 0.1) is 6.04 Å². The molecule has 0 bridgehead atoms. The monoisotopic (exact) mass is 276 g/mol. The van der Waals surface area contributed by atoms with Gasteiger partial charge in [0, 0.05) is 18.7 Å². The highest BCUT2D eigenvalue weighted by molar-refractivity contribution is 5.97. The lowest BCUT2D eigenvalue weighted by Gasteiger charge is -2.25. The molecule has 0 aliphatic carbocycles. The molecule has 1 aromatic rings. The quantitative estimate of drug-likeness (QED) is 0.709. The largest absolute Gasteiger partial charge is 0.481 e. The highest BCUT2D eigenvalue weighted by Gasteiger charge is 2.21. The summed E-state index contributed by atoms with van der Waals surface area (Å²) in [7, 11) is 0. The molecule has 1 aromatic carbocycles. The van der Waals surface area contributed by atoms with Gasteiger partial charge >= 0.3 is 5.97 Å². The Morgan fingerprint density at radius 3 is 2.55 bits per heavy atom. The number of carbonyl (C=O) groups excluding carboxylic acids is 1. The molecular weight excluding hydrogens is 256 g/mol. The first-order valence-corrected chi connectivity index (χ1v) is 6.51. The summed E-state index contributed by atoms with van der Waals surface area (Å²) in [6, 6.07) is 8.46. The van der Waals surface area contributed by atoms with E-state index in [9.17, 15) is 9.59 Å². The number of anilines is 1. The average Bonchev–Trinajstić information content (AvgIpc) is 2.44. The van der Waals surface area contributed by atoms with E-state index in [4.69, 9.17) is 10.8 Å². The SMILES string of the molecule is C=CCC(N)C(=O)N(CCCC(=O)O)c1ccccc1. The minimum absolute atomic E-state index is 0.0211. The molecular formula is C15H20N2O3. The maximum absolute atomic E-state index is 12.3. The number of hydrogen-bond acceptors (Lipinski definition) is 3. The number of nitrogens with zero attached hydrogens (tertiary/aromatic N) is 1. The highest BCUT2D eigenvalue weighted by Crippen LogP contribution is 2.16. The Balaban J connectivity index is 2.81. The number of para-hydroxylation sites is 1. The van der Waals surface area contributed by atoms with Crippen LogP contribution >= 0.6 is 0 Å². The van der Waals surface area contributed by atoms with Gasteiger partial charge in [-0.05, 0) is 25.0 Å². The Hall–Kier alpha value is -2.14. The zero-order valence-electron chi connectivity index (χ0n) is 11.4. The van der Waals surface area contributed by atoms with Crippen LogP contribution in [-0.2, 0) is 9.59 Å². The van der Waals surface area contributed by atoms with Gasteiger partial charge in [-0.15, -0.1) is 6.58 Å². The van der Waals surface area contributed by atoms with Gasteiger partial charge in [0.15, 0.2) is 0 Å². The molecule has 108 valence electrons. The minimum atomic E-state index is -0.874. The second kappa shape index (κ2) is 8.12. The molecule has 0 heterocycles. The van der Waals surface area contributed by atoms with E-state index < -0.39 is 12.0 Å². The Kier molecular flexibility index (Phi) is 6.46. The Morgan fingerprint density at radius 2 is 2.00 bits per heavy atom. The number of aliphatic carboxylic acids is 1. The van der Waals surface area contributed by atoms with E-state index in [0.717, 1.165) is 5.69 Å². The third-order valence-corrected chi connectivity index (χ3v) is 2.84. The van der Waals surface area contributed by atoms with Crippen LogP contribution in [-0.4, -0.2) is 29.6 Å². The molecule has 0 radical (unpaired) electrons. The van der Waals surface area contributed by atoms with Crippen molar-refractivity contribution >= 4 is 17.6 Å².